The van der Waals surface area contributed by atoms with Gasteiger partial charge in [-0.2, -0.15) is 0 Å². The Morgan fingerprint density at radius 1 is 1.11 bits per heavy atom. The first-order valence-corrected chi connectivity index (χ1v) is 12.9. The van der Waals surface area contributed by atoms with E-state index in [-0.39, 0.29) is 18.3 Å². The number of aromatic hydroxyl groups is 1. The van der Waals surface area contributed by atoms with Gasteiger partial charge in [0.05, 0.1) is 24.0 Å². The van der Waals surface area contributed by atoms with E-state index in [2.05, 4.69) is 18.8 Å². The Kier molecular flexibility index (Phi) is 10.8. The molecule has 0 saturated carbocycles. The van der Waals surface area contributed by atoms with E-state index in [0.29, 0.717) is 35.1 Å². The number of hydrogen-bond acceptors (Lipinski definition) is 6. The molecule has 0 saturated heterocycles. The van der Waals surface area contributed by atoms with Crippen molar-refractivity contribution in [2.24, 2.45) is 0 Å². The lowest BCUT2D eigenvalue weighted by atomic mass is 9.99. The lowest BCUT2D eigenvalue weighted by Crippen LogP contribution is -2.32. The van der Waals surface area contributed by atoms with Crippen molar-refractivity contribution in [3.05, 3.63) is 64.0 Å². The maximum atomic E-state index is 10.8. The molecule has 3 N–H and O–H groups in total. The Morgan fingerprint density at radius 3 is 2.33 bits per heavy atom. The van der Waals surface area contributed by atoms with Crippen molar-refractivity contribution in [3.8, 4) is 23.0 Å². The molecule has 3 rings (SSSR count). The fraction of sp³-hybridized carbons (Fsp3) is 0.483. The molecule has 7 heteroatoms. The molecule has 0 aliphatic carbocycles. The molecular weight excluding hydrogens is 478 g/mol. The Bertz CT molecular complexity index is 1120. The first-order valence-electron chi connectivity index (χ1n) is 12.5. The third-order valence-corrected chi connectivity index (χ3v) is 5.68. The average molecular weight is 518 g/mol. The fourth-order valence-corrected chi connectivity index (χ4v) is 3.73. The highest BCUT2D eigenvalue weighted by atomic mass is 35.5. The smallest absolute Gasteiger partial charge is 0.230 e. The van der Waals surface area contributed by atoms with E-state index in [1.165, 1.54) is 12.5 Å². The summed E-state index contributed by atoms with van der Waals surface area (Å²) >= 11 is 5.94. The van der Waals surface area contributed by atoms with Crippen molar-refractivity contribution in [2.45, 2.75) is 85.4 Å². The van der Waals surface area contributed by atoms with Gasteiger partial charge in [-0.3, -0.25) is 0 Å². The first kappa shape index (κ1) is 29.7. The topological polar surface area (TPSA) is 96.0 Å². The summed E-state index contributed by atoms with van der Waals surface area (Å²) in [5, 5.41) is 30.9. The number of phenolic OH excluding ortho intramolecular Hbond substituents is 1. The molecule has 0 amide bonds. The minimum Gasteiger partial charge on any atom is -0.507 e. The third-order valence-electron chi connectivity index (χ3n) is 5.45. The maximum absolute atomic E-state index is 10.8. The zero-order chi connectivity index (χ0) is 27.0. The Morgan fingerprint density at radius 2 is 1.78 bits per heavy atom. The van der Waals surface area contributed by atoms with E-state index < -0.39 is 11.7 Å². The van der Waals surface area contributed by atoms with Gasteiger partial charge in [-0.15, -0.1) is 0 Å². The largest absolute Gasteiger partial charge is 0.507 e. The van der Waals surface area contributed by atoms with Gasteiger partial charge in [-0.1, -0.05) is 51.8 Å². The summed E-state index contributed by atoms with van der Waals surface area (Å²) in [6.45, 7) is 13.7. The molecule has 0 aliphatic heterocycles. The van der Waals surface area contributed by atoms with Crippen LogP contribution in [0.15, 0.2) is 40.8 Å². The zero-order valence-corrected chi connectivity index (χ0v) is 23.2. The highest BCUT2D eigenvalue weighted by Crippen LogP contribution is 2.35. The molecule has 2 aromatic carbocycles. The number of nitrogens with zero attached hydrogens (tertiary/aromatic N) is 1. The second-order valence-corrected chi connectivity index (χ2v) is 10.4. The van der Waals surface area contributed by atoms with Crippen LogP contribution in [0.5, 0.6) is 11.5 Å². The summed E-state index contributed by atoms with van der Waals surface area (Å²) in [6, 6.07) is 10.4. The molecule has 0 bridgehead atoms. The number of aromatic nitrogens is 1. The van der Waals surface area contributed by atoms with Crippen LogP contribution in [0.1, 0.15) is 89.0 Å². The van der Waals surface area contributed by atoms with Crippen molar-refractivity contribution in [3.63, 3.8) is 0 Å². The summed E-state index contributed by atoms with van der Waals surface area (Å²) in [6.07, 6.45) is 1.54. The summed E-state index contributed by atoms with van der Waals surface area (Å²) in [7, 11) is 0. The molecule has 0 fully saturated rings. The van der Waals surface area contributed by atoms with Crippen molar-refractivity contribution >= 4 is 11.6 Å². The van der Waals surface area contributed by atoms with Gasteiger partial charge in [0, 0.05) is 10.9 Å². The van der Waals surface area contributed by atoms with Gasteiger partial charge in [0.1, 0.15) is 22.9 Å². The van der Waals surface area contributed by atoms with Crippen LogP contribution in [0.3, 0.4) is 0 Å². The number of phenols is 1. The van der Waals surface area contributed by atoms with Gasteiger partial charge < -0.3 is 24.5 Å². The predicted molar refractivity (Wildman–Crippen MR) is 145 cm³/mol. The van der Waals surface area contributed by atoms with Crippen molar-refractivity contribution < 1.29 is 24.5 Å². The standard InChI is InChI=1S/C26H32ClNO5.C3H8/c1-15(2)24-20(28-25(32-24)19-8-7-18(27)13-22(19)31)9-10-21(30)17-6-11-23(16(3)12-17)33-26(4,5)14-29;1-3-2/h6-8,11-13,15,21,29-31H,9-10,14H2,1-5H3;3H2,1-2H3. The second kappa shape index (κ2) is 13.1. The normalized spacial score (nSPS) is 12.3. The van der Waals surface area contributed by atoms with E-state index in [4.69, 9.17) is 20.8 Å². The average Bonchev–Trinajstić information content (AvgIpc) is 3.23. The number of aliphatic hydroxyl groups is 2. The van der Waals surface area contributed by atoms with Gasteiger partial charge in [0.25, 0.3) is 0 Å². The number of oxazole rings is 1. The zero-order valence-electron chi connectivity index (χ0n) is 22.4. The van der Waals surface area contributed by atoms with Crippen molar-refractivity contribution in [2.75, 3.05) is 6.61 Å². The fourth-order valence-electron chi connectivity index (χ4n) is 3.56. The molecule has 6 nitrogen and oxygen atoms in total. The van der Waals surface area contributed by atoms with Crippen LogP contribution in [0.2, 0.25) is 5.02 Å². The van der Waals surface area contributed by atoms with Crippen LogP contribution in [0, 0.1) is 6.92 Å². The Hall–Kier alpha value is -2.54. The Balaban J connectivity index is 0.00000145. The molecule has 36 heavy (non-hydrogen) atoms. The second-order valence-electron chi connectivity index (χ2n) is 9.95. The number of ether oxygens (including phenoxy) is 1. The van der Waals surface area contributed by atoms with Crippen molar-refractivity contribution in [1.29, 1.82) is 0 Å². The monoisotopic (exact) mass is 517 g/mol. The minimum absolute atomic E-state index is 0.00722. The van der Waals surface area contributed by atoms with Crippen LogP contribution in [-0.2, 0) is 6.42 Å². The summed E-state index contributed by atoms with van der Waals surface area (Å²) in [5.74, 6) is 1.85. The molecule has 3 aromatic rings. The van der Waals surface area contributed by atoms with Crippen molar-refractivity contribution in [1.82, 2.24) is 4.98 Å². The minimum atomic E-state index is -0.687. The maximum Gasteiger partial charge on any atom is 0.230 e. The number of hydrogen-bond donors (Lipinski definition) is 3. The molecule has 1 aromatic heterocycles. The molecular formula is C29H40ClNO5. The van der Waals surface area contributed by atoms with Gasteiger partial charge >= 0.3 is 0 Å². The predicted octanol–water partition coefficient (Wildman–Crippen LogP) is 7.36. The highest BCUT2D eigenvalue weighted by molar-refractivity contribution is 6.30. The number of aryl methyl sites for hydroxylation is 2. The highest BCUT2D eigenvalue weighted by Gasteiger charge is 2.22. The van der Waals surface area contributed by atoms with Crippen LogP contribution < -0.4 is 4.74 Å². The van der Waals surface area contributed by atoms with Crippen LogP contribution >= 0.6 is 11.6 Å². The molecule has 1 heterocycles. The molecule has 1 unspecified atom stereocenters. The molecule has 1 atom stereocenters. The third kappa shape index (κ3) is 7.99. The first-order chi connectivity index (χ1) is 16.9. The molecule has 0 spiro atoms. The van der Waals surface area contributed by atoms with Gasteiger partial charge in [0.15, 0.2) is 0 Å². The number of aliphatic hydroxyl groups excluding tert-OH is 2. The van der Waals surface area contributed by atoms with Gasteiger partial charge in [-0.05, 0) is 75.1 Å². The van der Waals surface area contributed by atoms with Crippen LogP contribution in [0.4, 0.5) is 0 Å². The van der Waals surface area contributed by atoms with E-state index in [9.17, 15) is 15.3 Å². The number of rotatable bonds is 9. The van der Waals surface area contributed by atoms with Crippen LogP contribution in [-0.4, -0.2) is 32.5 Å². The lowest BCUT2D eigenvalue weighted by molar-refractivity contribution is 0.0406. The molecule has 0 aliphatic rings. The van der Waals surface area contributed by atoms with Gasteiger partial charge in [0.2, 0.25) is 5.89 Å². The summed E-state index contributed by atoms with van der Waals surface area (Å²) in [4.78, 5) is 4.61. The number of halogens is 1. The lowest BCUT2D eigenvalue weighted by Gasteiger charge is -2.25. The molecule has 0 radical (unpaired) electrons. The number of benzene rings is 2. The van der Waals surface area contributed by atoms with Gasteiger partial charge in [-0.25, -0.2) is 4.98 Å². The summed E-state index contributed by atoms with van der Waals surface area (Å²) in [5.41, 5.74) is 2.23. The van der Waals surface area contributed by atoms with E-state index in [1.807, 2.05) is 52.8 Å². The Labute approximate surface area is 219 Å². The van der Waals surface area contributed by atoms with E-state index >= 15 is 0 Å². The van der Waals surface area contributed by atoms with Crippen LogP contribution in [0.25, 0.3) is 11.5 Å². The SMILES string of the molecule is CCC.Cc1cc(C(O)CCc2nc(-c3ccc(Cl)cc3O)oc2C(C)C)ccc1OC(C)(C)CO. The van der Waals surface area contributed by atoms with E-state index in [1.54, 1.807) is 12.1 Å². The molecule has 198 valence electrons. The van der Waals surface area contributed by atoms with E-state index in [0.717, 1.165) is 22.6 Å². The summed E-state index contributed by atoms with van der Waals surface area (Å²) < 4.78 is 11.8. The quantitative estimate of drug-likeness (QED) is 0.274.